The Balaban J connectivity index is 1.94. The Kier molecular flexibility index (Phi) is 4.33. The molecule has 18 heavy (non-hydrogen) atoms. The molecule has 1 aliphatic rings. The maximum atomic E-state index is 11.0. The predicted octanol–water partition coefficient (Wildman–Crippen LogP) is 1.06. The van der Waals surface area contributed by atoms with Crippen LogP contribution in [0.15, 0.2) is 30.3 Å². The second-order valence-corrected chi connectivity index (χ2v) is 4.90. The van der Waals surface area contributed by atoms with Crippen LogP contribution < -0.4 is 5.73 Å². The summed E-state index contributed by atoms with van der Waals surface area (Å²) in [5.74, 6) is -0.295. The van der Waals surface area contributed by atoms with Crippen molar-refractivity contribution in [1.29, 1.82) is 0 Å². The molecule has 0 unspecified atom stereocenters. The first kappa shape index (κ1) is 13.1. The fraction of sp³-hybridized carbons (Fsp3) is 0.500. The molecule has 0 aromatic heterocycles. The van der Waals surface area contributed by atoms with Gasteiger partial charge in [-0.05, 0) is 31.4 Å². The molecule has 1 saturated heterocycles. The molecule has 1 heterocycles. The number of carbonyl (C=O) groups is 1. The van der Waals surface area contributed by atoms with Gasteiger partial charge in [0, 0.05) is 6.04 Å². The molecule has 1 aromatic carbocycles. The van der Waals surface area contributed by atoms with Crippen LogP contribution >= 0.6 is 0 Å². The van der Waals surface area contributed by atoms with Crippen LogP contribution in [0.25, 0.3) is 0 Å². The van der Waals surface area contributed by atoms with E-state index in [1.54, 1.807) is 0 Å². The van der Waals surface area contributed by atoms with E-state index < -0.39 is 6.10 Å². The van der Waals surface area contributed by atoms with Crippen molar-refractivity contribution in [2.24, 2.45) is 5.73 Å². The normalized spacial score (nSPS) is 21.9. The molecule has 0 aliphatic carbocycles. The number of primary amides is 1. The number of carbonyl (C=O) groups excluding carboxylic acids is 1. The minimum Gasteiger partial charge on any atom is -0.388 e. The highest BCUT2D eigenvalue weighted by Gasteiger charge is 2.27. The number of aliphatic hydroxyl groups is 1. The summed E-state index contributed by atoms with van der Waals surface area (Å²) in [5.41, 5.74) is 6.17. The lowest BCUT2D eigenvalue weighted by molar-refractivity contribution is -0.119. The maximum absolute atomic E-state index is 11.0. The lowest BCUT2D eigenvalue weighted by atomic mass is 10.0. The number of nitrogens with two attached hydrogens (primary N) is 1. The molecule has 1 fully saturated rings. The minimum absolute atomic E-state index is 0.257. The summed E-state index contributed by atoms with van der Waals surface area (Å²) >= 11 is 0. The van der Waals surface area contributed by atoms with Crippen LogP contribution in [0.3, 0.4) is 0 Å². The van der Waals surface area contributed by atoms with E-state index >= 15 is 0 Å². The number of rotatable bonds is 5. The second kappa shape index (κ2) is 5.98. The van der Waals surface area contributed by atoms with Crippen molar-refractivity contribution in [1.82, 2.24) is 4.90 Å². The molecule has 1 aromatic rings. The standard InChI is InChI=1S/C14H20N2O2/c15-14(18)10-16-8-4-7-12(16)9-13(17)11-5-2-1-3-6-11/h1-3,5-6,12-13,17H,4,7-10H2,(H2,15,18)/t12-,13+/m0/s1. The van der Waals surface area contributed by atoms with Crippen molar-refractivity contribution in [3.05, 3.63) is 35.9 Å². The van der Waals surface area contributed by atoms with Crippen LogP contribution in [0.5, 0.6) is 0 Å². The van der Waals surface area contributed by atoms with Crippen molar-refractivity contribution >= 4 is 5.91 Å². The quantitative estimate of drug-likeness (QED) is 0.819. The molecule has 1 aliphatic heterocycles. The van der Waals surface area contributed by atoms with E-state index in [9.17, 15) is 9.90 Å². The highest BCUT2D eigenvalue weighted by molar-refractivity contribution is 5.76. The molecule has 98 valence electrons. The summed E-state index contributed by atoms with van der Waals surface area (Å²) in [6.07, 6.45) is 2.29. The van der Waals surface area contributed by atoms with Crippen molar-refractivity contribution in [3.63, 3.8) is 0 Å². The lowest BCUT2D eigenvalue weighted by Gasteiger charge is -2.25. The Labute approximate surface area is 107 Å². The number of hydrogen-bond acceptors (Lipinski definition) is 3. The highest BCUT2D eigenvalue weighted by Crippen LogP contribution is 2.26. The van der Waals surface area contributed by atoms with Crippen LogP contribution in [-0.2, 0) is 4.79 Å². The molecule has 0 saturated carbocycles. The fourth-order valence-electron chi connectivity index (χ4n) is 2.64. The topological polar surface area (TPSA) is 66.6 Å². The summed E-state index contributed by atoms with van der Waals surface area (Å²) < 4.78 is 0. The number of amides is 1. The number of hydrogen-bond donors (Lipinski definition) is 2. The molecule has 3 N–H and O–H groups in total. The average Bonchev–Trinajstić information content (AvgIpc) is 2.77. The molecule has 4 heteroatoms. The van der Waals surface area contributed by atoms with Gasteiger partial charge in [0.25, 0.3) is 0 Å². The van der Waals surface area contributed by atoms with Gasteiger partial charge in [0.05, 0.1) is 12.6 Å². The van der Waals surface area contributed by atoms with E-state index in [2.05, 4.69) is 4.90 Å². The predicted molar refractivity (Wildman–Crippen MR) is 69.8 cm³/mol. The summed E-state index contributed by atoms with van der Waals surface area (Å²) in [5, 5.41) is 10.2. The first-order chi connectivity index (χ1) is 8.66. The monoisotopic (exact) mass is 248 g/mol. The largest absolute Gasteiger partial charge is 0.388 e. The van der Waals surface area contributed by atoms with Gasteiger partial charge in [0.2, 0.25) is 5.91 Å². The number of likely N-dealkylation sites (tertiary alicyclic amines) is 1. The van der Waals surface area contributed by atoms with E-state index in [1.807, 2.05) is 30.3 Å². The smallest absolute Gasteiger partial charge is 0.231 e. The van der Waals surface area contributed by atoms with Crippen LogP contribution in [0, 0.1) is 0 Å². The Morgan fingerprint density at radius 3 is 2.83 bits per heavy atom. The van der Waals surface area contributed by atoms with Gasteiger partial charge in [-0.2, -0.15) is 0 Å². The number of nitrogens with zero attached hydrogens (tertiary/aromatic N) is 1. The maximum Gasteiger partial charge on any atom is 0.231 e. The third-order valence-corrected chi connectivity index (χ3v) is 3.54. The third-order valence-electron chi connectivity index (χ3n) is 3.54. The zero-order valence-corrected chi connectivity index (χ0v) is 10.5. The van der Waals surface area contributed by atoms with Gasteiger partial charge in [-0.25, -0.2) is 0 Å². The highest BCUT2D eigenvalue weighted by atomic mass is 16.3. The molecule has 2 rings (SSSR count). The van der Waals surface area contributed by atoms with Crippen molar-refractivity contribution < 1.29 is 9.90 Å². The van der Waals surface area contributed by atoms with Crippen LogP contribution in [0.2, 0.25) is 0 Å². The zero-order valence-electron chi connectivity index (χ0n) is 10.5. The van der Waals surface area contributed by atoms with Crippen molar-refractivity contribution in [2.75, 3.05) is 13.1 Å². The third kappa shape index (κ3) is 3.31. The molecule has 0 radical (unpaired) electrons. The van der Waals surface area contributed by atoms with Gasteiger partial charge in [-0.3, -0.25) is 9.69 Å². The first-order valence-electron chi connectivity index (χ1n) is 6.42. The molecule has 0 bridgehead atoms. The summed E-state index contributed by atoms with van der Waals surface area (Å²) in [7, 11) is 0. The number of aliphatic hydroxyl groups excluding tert-OH is 1. The van der Waals surface area contributed by atoms with Gasteiger partial charge < -0.3 is 10.8 Å². The SMILES string of the molecule is NC(=O)CN1CCC[C@H]1C[C@@H](O)c1ccccc1. The lowest BCUT2D eigenvalue weighted by Crippen LogP contribution is -2.37. The molecular formula is C14H20N2O2. The van der Waals surface area contributed by atoms with E-state index in [1.165, 1.54) is 0 Å². The second-order valence-electron chi connectivity index (χ2n) is 4.90. The van der Waals surface area contributed by atoms with Gasteiger partial charge in [0.1, 0.15) is 0 Å². The Hall–Kier alpha value is -1.39. The van der Waals surface area contributed by atoms with Crippen molar-refractivity contribution in [3.8, 4) is 0 Å². The fourth-order valence-corrected chi connectivity index (χ4v) is 2.64. The van der Waals surface area contributed by atoms with Gasteiger partial charge in [0.15, 0.2) is 0 Å². The van der Waals surface area contributed by atoms with Crippen LogP contribution in [-0.4, -0.2) is 35.0 Å². The van der Waals surface area contributed by atoms with Gasteiger partial charge in [-0.1, -0.05) is 30.3 Å². The van der Waals surface area contributed by atoms with Crippen LogP contribution in [0.4, 0.5) is 0 Å². The van der Waals surface area contributed by atoms with E-state index in [-0.39, 0.29) is 11.9 Å². The van der Waals surface area contributed by atoms with Crippen LogP contribution in [0.1, 0.15) is 30.9 Å². The van der Waals surface area contributed by atoms with E-state index in [0.717, 1.165) is 24.9 Å². The Morgan fingerprint density at radius 2 is 2.17 bits per heavy atom. The van der Waals surface area contributed by atoms with E-state index in [4.69, 9.17) is 5.73 Å². The molecular weight excluding hydrogens is 228 g/mol. The summed E-state index contributed by atoms with van der Waals surface area (Å²) in [4.78, 5) is 13.1. The minimum atomic E-state index is -0.468. The summed E-state index contributed by atoms with van der Waals surface area (Å²) in [6, 6.07) is 9.90. The first-order valence-corrected chi connectivity index (χ1v) is 6.42. The molecule has 4 nitrogen and oxygen atoms in total. The molecule has 1 amide bonds. The molecule has 0 spiro atoms. The van der Waals surface area contributed by atoms with Gasteiger partial charge >= 0.3 is 0 Å². The Bertz CT molecular complexity index is 394. The summed E-state index contributed by atoms with van der Waals surface area (Å²) in [6.45, 7) is 1.20. The Morgan fingerprint density at radius 1 is 1.44 bits per heavy atom. The van der Waals surface area contributed by atoms with Gasteiger partial charge in [-0.15, -0.1) is 0 Å². The van der Waals surface area contributed by atoms with Crippen molar-refractivity contribution in [2.45, 2.75) is 31.4 Å². The average molecular weight is 248 g/mol. The molecule has 2 atom stereocenters. The number of benzene rings is 1. The zero-order chi connectivity index (χ0) is 13.0. The van der Waals surface area contributed by atoms with E-state index in [0.29, 0.717) is 13.0 Å².